The first kappa shape index (κ1) is 16.0. The molecule has 1 aliphatic rings. The van der Waals surface area contributed by atoms with Crippen LogP contribution in [0.5, 0.6) is 0 Å². The monoisotopic (exact) mass is 289 g/mol. The molecule has 1 fully saturated rings. The molecule has 4 N–H and O–H groups in total. The van der Waals surface area contributed by atoms with E-state index < -0.39 is 6.04 Å². The summed E-state index contributed by atoms with van der Waals surface area (Å²) in [5.41, 5.74) is 7.09. The second-order valence-electron chi connectivity index (χ2n) is 6.45. The molecule has 0 saturated carbocycles. The average Bonchev–Trinajstić information content (AvgIpc) is 2.48. The summed E-state index contributed by atoms with van der Waals surface area (Å²) in [5, 5.41) is 6.63. The Hall–Kier alpha value is -1.39. The molecule has 1 unspecified atom stereocenters. The molecule has 0 radical (unpaired) electrons. The van der Waals surface area contributed by atoms with E-state index in [0.717, 1.165) is 32.4 Å². The van der Waals surface area contributed by atoms with E-state index in [1.54, 1.807) is 0 Å². The lowest BCUT2D eigenvalue weighted by Gasteiger charge is -2.39. The normalized spacial score (nSPS) is 19.2. The fourth-order valence-electron chi connectivity index (χ4n) is 2.89. The van der Waals surface area contributed by atoms with Gasteiger partial charge in [-0.1, -0.05) is 44.2 Å². The lowest BCUT2D eigenvalue weighted by Crippen LogP contribution is -2.59. The van der Waals surface area contributed by atoms with E-state index in [4.69, 9.17) is 5.73 Å². The second-order valence-corrected chi connectivity index (χ2v) is 6.45. The Morgan fingerprint density at radius 3 is 2.48 bits per heavy atom. The van der Waals surface area contributed by atoms with Gasteiger partial charge in [-0.25, -0.2) is 0 Å². The van der Waals surface area contributed by atoms with Gasteiger partial charge < -0.3 is 16.4 Å². The van der Waals surface area contributed by atoms with Gasteiger partial charge in [0, 0.05) is 5.54 Å². The highest BCUT2D eigenvalue weighted by Gasteiger charge is 2.35. The summed E-state index contributed by atoms with van der Waals surface area (Å²) in [6.07, 6.45) is 2.75. The Bertz CT molecular complexity index is 452. The standard InChI is InChI=1S/C17H27N3O/c1-13(2)15(18)16(21)20-17(8-10-19-11-9-17)12-14-6-4-3-5-7-14/h3-7,13,15,19H,8-12,18H2,1-2H3,(H,20,21). The molecule has 4 heteroatoms. The van der Waals surface area contributed by atoms with Crippen molar-refractivity contribution < 1.29 is 4.79 Å². The van der Waals surface area contributed by atoms with Crippen molar-refractivity contribution in [2.24, 2.45) is 11.7 Å². The summed E-state index contributed by atoms with van der Waals surface area (Å²) in [4.78, 5) is 12.4. The molecule has 1 saturated heterocycles. The zero-order chi connectivity index (χ0) is 15.3. The van der Waals surface area contributed by atoms with Gasteiger partial charge >= 0.3 is 0 Å². The number of hydrogen-bond acceptors (Lipinski definition) is 3. The maximum atomic E-state index is 12.4. The van der Waals surface area contributed by atoms with Crippen molar-refractivity contribution in [2.45, 2.75) is 44.7 Å². The maximum absolute atomic E-state index is 12.4. The molecular weight excluding hydrogens is 262 g/mol. The number of rotatable bonds is 5. The van der Waals surface area contributed by atoms with Crippen LogP contribution in [0.15, 0.2) is 30.3 Å². The Morgan fingerprint density at radius 1 is 1.29 bits per heavy atom. The number of nitrogens with one attached hydrogen (secondary N) is 2. The molecule has 1 amide bonds. The summed E-state index contributed by atoms with van der Waals surface area (Å²) >= 11 is 0. The van der Waals surface area contributed by atoms with E-state index >= 15 is 0 Å². The molecule has 4 nitrogen and oxygen atoms in total. The van der Waals surface area contributed by atoms with E-state index in [1.165, 1.54) is 5.56 Å². The smallest absolute Gasteiger partial charge is 0.237 e. The number of carbonyl (C=O) groups excluding carboxylic acids is 1. The Morgan fingerprint density at radius 2 is 1.90 bits per heavy atom. The van der Waals surface area contributed by atoms with Crippen LogP contribution in [0.4, 0.5) is 0 Å². The lowest BCUT2D eigenvalue weighted by molar-refractivity contribution is -0.125. The van der Waals surface area contributed by atoms with Crippen molar-refractivity contribution in [2.75, 3.05) is 13.1 Å². The van der Waals surface area contributed by atoms with Gasteiger partial charge in [0.05, 0.1) is 6.04 Å². The molecule has 2 rings (SSSR count). The Kier molecular flexibility index (Phi) is 5.37. The van der Waals surface area contributed by atoms with E-state index in [-0.39, 0.29) is 17.4 Å². The van der Waals surface area contributed by atoms with E-state index in [2.05, 4.69) is 22.8 Å². The van der Waals surface area contributed by atoms with Crippen molar-refractivity contribution in [1.29, 1.82) is 0 Å². The molecule has 1 aromatic rings. The zero-order valence-corrected chi connectivity index (χ0v) is 13.1. The SMILES string of the molecule is CC(C)C(N)C(=O)NC1(Cc2ccccc2)CCNCC1. The fourth-order valence-corrected chi connectivity index (χ4v) is 2.89. The summed E-state index contributed by atoms with van der Waals surface area (Å²) in [5.74, 6) is 0.128. The molecule has 116 valence electrons. The van der Waals surface area contributed by atoms with E-state index in [1.807, 2.05) is 32.0 Å². The molecule has 1 aliphatic heterocycles. The predicted octanol–water partition coefficient (Wildman–Crippen LogP) is 1.45. The highest BCUT2D eigenvalue weighted by atomic mass is 16.2. The van der Waals surface area contributed by atoms with Crippen LogP contribution >= 0.6 is 0 Å². The second kappa shape index (κ2) is 7.05. The quantitative estimate of drug-likeness (QED) is 0.768. The molecule has 0 bridgehead atoms. The molecule has 0 spiro atoms. The lowest BCUT2D eigenvalue weighted by atomic mass is 9.82. The van der Waals surface area contributed by atoms with Crippen LogP contribution in [-0.2, 0) is 11.2 Å². The van der Waals surface area contributed by atoms with Gasteiger partial charge in [0.1, 0.15) is 0 Å². The summed E-state index contributed by atoms with van der Waals surface area (Å²) in [6, 6.07) is 9.92. The third kappa shape index (κ3) is 4.29. The van der Waals surface area contributed by atoms with Gasteiger partial charge in [0.2, 0.25) is 5.91 Å². The van der Waals surface area contributed by atoms with Gasteiger partial charge in [0.25, 0.3) is 0 Å². The number of hydrogen-bond donors (Lipinski definition) is 3. The van der Waals surface area contributed by atoms with Crippen molar-refractivity contribution in [3.8, 4) is 0 Å². The topological polar surface area (TPSA) is 67.2 Å². The first-order chi connectivity index (χ1) is 10.0. The van der Waals surface area contributed by atoms with Gasteiger partial charge in [0.15, 0.2) is 0 Å². The minimum absolute atomic E-state index is 0.0252. The predicted molar refractivity (Wildman–Crippen MR) is 85.9 cm³/mol. The van der Waals surface area contributed by atoms with Gasteiger partial charge in [-0.2, -0.15) is 0 Å². The van der Waals surface area contributed by atoms with Gasteiger partial charge in [-0.3, -0.25) is 4.79 Å². The zero-order valence-electron chi connectivity index (χ0n) is 13.1. The first-order valence-electron chi connectivity index (χ1n) is 7.85. The highest BCUT2D eigenvalue weighted by Crippen LogP contribution is 2.24. The van der Waals surface area contributed by atoms with Gasteiger partial charge in [-0.15, -0.1) is 0 Å². The highest BCUT2D eigenvalue weighted by molar-refractivity contribution is 5.82. The third-order valence-electron chi connectivity index (χ3n) is 4.36. The van der Waals surface area contributed by atoms with Crippen molar-refractivity contribution in [1.82, 2.24) is 10.6 Å². The van der Waals surface area contributed by atoms with Gasteiger partial charge in [-0.05, 0) is 43.8 Å². The van der Waals surface area contributed by atoms with Crippen LogP contribution in [0, 0.1) is 5.92 Å². The van der Waals surface area contributed by atoms with E-state index in [9.17, 15) is 4.79 Å². The molecule has 1 heterocycles. The number of piperidine rings is 1. The third-order valence-corrected chi connectivity index (χ3v) is 4.36. The van der Waals surface area contributed by atoms with Crippen LogP contribution < -0.4 is 16.4 Å². The largest absolute Gasteiger partial charge is 0.349 e. The van der Waals surface area contributed by atoms with Crippen LogP contribution in [-0.4, -0.2) is 30.6 Å². The molecule has 21 heavy (non-hydrogen) atoms. The number of benzene rings is 1. The summed E-state index contributed by atoms with van der Waals surface area (Å²) in [7, 11) is 0. The Labute approximate surface area is 127 Å². The minimum atomic E-state index is -0.437. The van der Waals surface area contributed by atoms with E-state index in [0.29, 0.717) is 0 Å². The molecular formula is C17H27N3O. The van der Waals surface area contributed by atoms with Crippen molar-refractivity contribution in [3.05, 3.63) is 35.9 Å². The van der Waals surface area contributed by atoms with Crippen LogP contribution in [0.2, 0.25) is 0 Å². The van der Waals surface area contributed by atoms with Crippen LogP contribution in [0.3, 0.4) is 0 Å². The minimum Gasteiger partial charge on any atom is -0.349 e. The van der Waals surface area contributed by atoms with Crippen molar-refractivity contribution >= 4 is 5.91 Å². The first-order valence-corrected chi connectivity index (χ1v) is 7.85. The van der Waals surface area contributed by atoms with Crippen LogP contribution in [0.25, 0.3) is 0 Å². The molecule has 1 aromatic carbocycles. The number of nitrogens with two attached hydrogens (primary N) is 1. The Balaban J connectivity index is 2.11. The maximum Gasteiger partial charge on any atom is 0.237 e. The number of amides is 1. The fraction of sp³-hybridized carbons (Fsp3) is 0.588. The average molecular weight is 289 g/mol. The molecule has 0 aliphatic carbocycles. The van der Waals surface area contributed by atoms with Crippen molar-refractivity contribution in [3.63, 3.8) is 0 Å². The summed E-state index contributed by atoms with van der Waals surface area (Å²) in [6.45, 7) is 5.83. The molecule has 1 atom stereocenters. The summed E-state index contributed by atoms with van der Waals surface area (Å²) < 4.78 is 0. The number of carbonyl (C=O) groups is 1. The molecule has 0 aromatic heterocycles. The van der Waals surface area contributed by atoms with Crippen LogP contribution in [0.1, 0.15) is 32.3 Å².